The third-order valence-electron chi connectivity index (χ3n) is 5.36. The second kappa shape index (κ2) is 7.00. The van der Waals surface area contributed by atoms with Crippen LogP contribution in [0.4, 0.5) is 0 Å². The van der Waals surface area contributed by atoms with Crippen LogP contribution in [0, 0.1) is 0 Å². The summed E-state index contributed by atoms with van der Waals surface area (Å²) in [4.78, 5) is 42.0. The predicted molar refractivity (Wildman–Crippen MR) is 92.4 cm³/mol. The van der Waals surface area contributed by atoms with Crippen molar-refractivity contribution >= 4 is 11.8 Å². The summed E-state index contributed by atoms with van der Waals surface area (Å²) in [6.45, 7) is 2.22. The van der Waals surface area contributed by atoms with Gasteiger partial charge in [0.25, 0.3) is 11.5 Å². The number of likely N-dealkylation sites (tertiary alicyclic amines) is 2. The van der Waals surface area contributed by atoms with Crippen molar-refractivity contribution < 1.29 is 14.3 Å². The molecule has 0 saturated carbocycles. The third-order valence-corrected chi connectivity index (χ3v) is 5.36. The number of ether oxygens (including phenoxy) is 1. The molecule has 0 N–H and O–H groups in total. The Labute approximate surface area is 147 Å². The lowest BCUT2D eigenvalue weighted by molar-refractivity contribution is -0.146. The van der Waals surface area contributed by atoms with Crippen molar-refractivity contribution in [2.45, 2.75) is 31.2 Å². The number of hydrogen-bond acceptors (Lipinski definition) is 4. The molecule has 1 aromatic heterocycles. The molecule has 3 rings (SSSR count). The van der Waals surface area contributed by atoms with Crippen molar-refractivity contribution in [1.82, 2.24) is 14.4 Å². The van der Waals surface area contributed by atoms with Gasteiger partial charge in [0.05, 0.1) is 6.61 Å². The number of hydrogen-bond donors (Lipinski definition) is 0. The number of aromatic nitrogens is 1. The summed E-state index contributed by atoms with van der Waals surface area (Å²) in [6.07, 6.45) is 4.58. The maximum Gasteiger partial charge on any atom is 0.263 e. The van der Waals surface area contributed by atoms with Crippen molar-refractivity contribution in [2.24, 2.45) is 7.05 Å². The molecule has 1 aromatic rings. The first-order valence-corrected chi connectivity index (χ1v) is 8.77. The van der Waals surface area contributed by atoms with E-state index < -0.39 is 5.54 Å². The lowest BCUT2D eigenvalue weighted by Crippen LogP contribution is -2.62. The molecular weight excluding hydrogens is 322 g/mol. The maximum atomic E-state index is 13.1. The Balaban J connectivity index is 1.91. The summed E-state index contributed by atoms with van der Waals surface area (Å²) < 4.78 is 6.49. The zero-order valence-electron chi connectivity index (χ0n) is 14.9. The molecule has 2 aliphatic rings. The molecule has 2 fully saturated rings. The second-order valence-corrected chi connectivity index (χ2v) is 6.82. The van der Waals surface area contributed by atoms with Gasteiger partial charge in [0, 0.05) is 40.0 Å². The molecular formula is C18H25N3O4. The number of carbonyl (C=O) groups is 2. The highest BCUT2D eigenvalue weighted by molar-refractivity contribution is 5.99. The number of nitrogens with zero attached hydrogens (tertiary/aromatic N) is 3. The van der Waals surface area contributed by atoms with Gasteiger partial charge in [0.1, 0.15) is 11.1 Å². The minimum atomic E-state index is -0.802. The Morgan fingerprint density at radius 3 is 2.68 bits per heavy atom. The van der Waals surface area contributed by atoms with Crippen LogP contribution in [0.5, 0.6) is 0 Å². The molecule has 2 aliphatic heterocycles. The first-order valence-electron chi connectivity index (χ1n) is 8.77. The minimum absolute atomic E-state index is 0.00518. The average molecular weight is 347 g/mol. The molecule has 0 aromatic carbocycles. The number of piperidine rings is 1. The Morgan fingerprint density at radius 1 is 1.24 bits per heavy atom. The molecule has 0 aliphatic carbocycles. The van der Waals surface area contributed by atoms with Crippen LogP contribution in [-0.2, 0) is 16.6 Å². The summed E-state index contributed by atoms with van der Waals surface area (Å²) in [7, 11) is 3.23. The number of methoxy groups -OCH3 is 1. The van der Waals surface area contributed by atoms with E-state index in [9.17, 15) is 14.4 Å². The third kappa shape index (κ3) is 2.97. The number of carbonyl (C=O) groups excluding carboxylic acids is 2. The first kappa shape index (κ1) is 17.7. The summed E-state index contributed by atoms with van der Waals surface area (Å²) in [5.74, 6) is -0.338. The fraction of sp³-hybridized carbons (Fsp3) is 0.611. The summed E-state index contributed by atoms with van der Waals surface area (Å²) >= 11 is 0. The van der Waals surface area contributed by atoms with E-state index >= 15 is 0 Å². The molecule has 0 bridgehead atoms. The SMILES string of the molecule is COCCN1CCCC2(CCCN2C(=O)c2cccn(C)c2=O)C1=O. The fourth-order valence-electron chi connectivity index (χ4n) is 4.04. The van der Waals surface area contributed by atoms with E-state index in [1.807, 2.05) is 0 Å². The Hall–Kier alpha value is -2.15. The van der Waals surface area contributed by atoms with Gasteiger partial charge in [-0.2, -0.15) is 0 Å². The molecule has 7 nitrogen and oxygen atoms in total. The number of pyridine rings is 1. The highest BCUT2D eigenvalue weighted by atomic mass is 16.5. The molecule has 2 saturated heterocycles. The van der Waals surface area contributed by atoms with Gasteiger partial charge in [0.2, 0.25) is 5.91 Å². The van der Waals surface area contributed by atoms with Crippen LogP contribution in [0.3, 0.4) is 0 Å². The number of rotatable bonds is 4. The van der Waals surface area contributed by atoms with Gasteiger partial charge in [-0.15, -0.1) is 0 Å². The van der Waals surface area contributed by atoms with E-state index in [2.05, 4.69) is 0 Å². The van der Waals surface area contributed by atoms with Gasteiger partial charge in [-0.1, -0.05) is 0 Å². The van der Waals surface area contributed by atoms with Crippen molar-refractivity contribution in [3.63, 3.8) is 0 Å². The van der Waals surface area contributed by atoms with Crippen LogP contribution < -0.4 is 5.56 Å². The predicted octanol–water partition coefficient (Wildman–Crippen LogP) is 0.629. The topological polar surface area (TPSA) is 71.8 Å². The van der Waals surface area contributed by atoms with Gasteiger partial charge in [-0.3, -0.25) is 14.4 Å². The molecule has 136 valence electrons. The number of amides is 2. The van der Waals surface area contributed by atoms with Gasteiger partial charge in [-0.25, -0.2) is 0 Å². The van der Waals surface area contributed by atoms with Crippen molar-refractivity contribution in [3.8, 4) is 0 Å². The van der Waals surface area contributed by atoms with Gasteiger partial charge >= 0.3 is 0 Å². The van der Waals surface area contributed by atoms with Crippen LogP contribution >= 0.6 is 0 Å². The molecule has 25 heavy (non-hydrogen) atoms. The first-order chi connectivity index (χ1) is 12.0. The smallest absolute Gasteiger partial charge is 0.263 e. The van der Waals surface area contributed by atoms with Crippen LogP contribution in [0.25, 0.3) is 0 Å². The van der Waals surface area contributed by atoms with Crippen LogP contribution in [0.2, 0.25) is 0 Å². The quantitative estimate of drug-likeness (QED) is 0.801. The highest BCUT2D eigenvalue weighted by Gasteiger charge is 2.52. The lowest BCUT2D eigenvalue weighted by Gasteiger charge is -2.44. The van der Waals surface area contributed by atoms with E-state index in [1.54, 1.807) is 42.3 Å². The largest absolute Gasteiger partial charge is 0.383 e. The monoisotopic (exact) mass is 347 g/mol. The summed E-state index contributed by atoms with van der Waals surface area (Å²) in [5, 5.41) is 0. The Kier molecular flexibility index (Phi) is 4.94. The molecule has 1 atom stereocenters. The van der Waals surface area contributed by atoms with E-state index in [0.29, 0.717) is 39.1 Å². The van der Waals surface area contributed by atoms with E-state index in [4.69, 9.17) is 4.74 Å². The fourth-order valence-corrected chi connectivity index (χ4v) is 4.04. The van der Waals surface area contributed by atoms with Crippen molar-refractivity contribution in [2.75, 3.05) is 33.4 Å². The Bertz CT molecular complexity index is 729. The van der Waals surface area contributed by atoms with Crippen molar-refractivity contribution in [1.29, 1.82) is 0 Å². The molecule has 3 heterocycles. The number of aryl methyl sites for hydroxylation is 1. The molecule has 1 unspecified atom stereocenters. The lowest BCUT2D eigenvalue weighted by atomic mass is 9.85. The van der Waals surface area contributed by atoms with Gasteiger partial charge in [0.15, 0.2) is 0 Å². The zero-order chi connectivity index (χ0) is 18.0. The maximum absolute atomic E-state index is 13.1. The average Bonchev–Trinajstić information content (AvgIpc) is 3.02. The molecule has 0 radical (unpaired) electrons. The Morgan fingerprint density at radius 2 is 1.96 bits per heavy atom. The normalized spacial score (nSPS) is 23.5. The van der Waals surface area contributed by atoms with Crippen LogP contribution in [0.15, 0.2) is 23.1 Å². The van der Waals surface area contributed by atoms with E-state index in [1.165, 1.54) is 4.57 Å². The van der Waals surface area contributed by atoms with E-state index in [-0.39, 0.29) is 22.9 Å². The van der Waals surface area contributed by atoms with Crippen LogP contribution in [-0.4, -0.2) is 65.1 Å². The van der Waals surface area contributed by atoms with Crippen LogP contribution in [0.1, 0.15) is 36.0 Å². The van der Waals surface area contributed by atoms with Crippen molar-refractivity contribution in [3.05, 3.63) is 34.2 Å². The summed E-state index contributed by atoms with van der Waals surface area (Å²) in [5.41, 5.74) is -0.994. The standard InChI is InChI=1S/C18H25N3O4/c1-19-9-3-6-14(15(19)22)16(23)21-11-5-8-18(21)7-4-10-20(17(18)24)12-13-25-2/h3,6,9H,4-5,7-8,10-13H2,1-2H3. The van der Waals surface area contributed by atoms with Gasteiger partial charge < -0.3 is 19.1 Å². The highest BCUT2D eigenvalue weighted by Crippen LogP contribution is 2.38. The minimum Gasteiger partial charge on any atom is -0.383 e. The van der Waals surface area contributed by atoms with E-state index in [0.717, 1.165) is 12.8 Å². The zero-order valence-corrected chi connectivity index (χ0v) is 14.9. The molecule has 1 spiro atoms. The molecule has 2 amide bonds. The van der Waals surface area contributed by atoms with Gasteiger partial charge in [-0.05, 0) is 37.8 Å². The molecule has 7 heteroatoms. The second-order valence-electron chi connectivity index (χ2n) is 6.82. The summed E-state index contributed by atoms with van der Waals surface area (Å²) in [6, 6.07) is 3.23.